The molecule has 0 spiro atoms. The molecule has 116 valence electrons. The van der Waals surface area contributed by atoms with E-state index < -0.39 is 5.97 Å². The van der Waals surface area contributed by atoms with Crippen molar-refractivity contribution < 1.29 is 19.1 Å². The van der Waals surface area contributed by atoms with Crippen LogP contribution in [0.3, 0.4) is 0 Å². The summed E-state index contributed by atoms with van der Waals surface area (Å²) in [6.07, 6.45) is 7.54. The number of carboxylic acid groups (broad SMARTS) is 1. The van der Waals surface area contributed by atoms with E-state index in [2.05, 4.69) is 10.6 Å². The molecule has 0 atom stereocenters. The molecule has 1 fully saturated rings. The zero-order valence-electron chi connectivity index (χ0n) is 12.1. The Bertz CT molecular complexity index is 478. The summed E-state index contributed by atoms with van der Waals surface area (Å²) in [6.45, 7) is 0.850. The fourth-order valence-electron chi connectivity index (χ4n) is 2.71. The zero-order chi connectivity index (χ0) is 15.1. The lowest BCUT2D eigenvalue weighted by Crippen LogP contribution is -2.35. The van der Waals surface area contributed by atoms with E-state index in [1.807, 2.05) is 0 Å². The number of hydrogen-bond acceptors (Lipinski definition) is 3. The van der Waals surface area contributed by atoms with Crippen LogP contribution < -0.4 is 10.6 Å². The van der Waals surface area contributed by atoms with Gasteiger partial charge in [0, 0.05) is 6.54 Å². The van der Waals surface area contributed by atoms with E-state index in [1.165, 1.54) is 38.2 Å². The molecule has 1 aliphatic carbocycles. The average Bonchev–Trinajstić information content (AvgIpc) is 3.12. The fourth-order valence-corrected chi connectivity index (χ4v) is 2.71. The van der Waals surface area contributed by atoms with Gasteiger partial charge in [-0.05, 0) is 30.9 Å². The van der Waals surface area contributed by atoms with Crippen LogP contribution in [0, 0.1) is 5.92 Å². The maximum Gasteiger partial charge on any atom is 0.371 e. The Balaban J connectivity index is 1.57. The minimum absolute atomic E-state index is 0.122. The second kappa shape index (κ2) is 7.71. The van der Waals surface area contributed by atoms with Gasteiger partial charge in [0.15, 0.2) is 0 Å². The van der Waals surface area contributed by atoms with Crippen LogP contribution in [-0.4, -0.2) is 23.7 Å². The highest BCUT2D eigenvalue weighted by molar-refractivity contribution is 5.84. The lowest BCUT2D eigenvalue weighted by Gasteiger charge is -2.09. The van der Waals surface area contributed by atoms with Crippen molar-refractivity contribution in [3.8, 4) is 0 Å². The maximum absolute atomic E-state index is 11.6. The topological polar surface area (TPSA) is 91.6 Å². The van der Waals surface area contributed by atoms with Gasteiger partial charge >= 0.3 is 12.0 Å². The van der Waals surface area contributed by atoms with Crippen LogP contribution >= 0.6 is 0 Å². The highest BCUT2D eigenvalue weighted by Crippen LogP contribution is 2.28. The molecule has 1 aromatic rings. The Morgan fingerprint density at radius 3 is 2.67 bits per heavy atom. The third-order valence-corrected chi connectivity index (χ3v) is 3.85. The zero-order valence-corrected chi connectivity index (χ0v) is 12.1. The summed E-state index contributed by atoms with van der Waals surface area (Å²) in [5, 5.41) is 14.2. The molecule has 6 heteroatoms. The van der Waals surface area contributed by atoms with Crippen molar-refractivity contribution in [2.24, 2.45) is 5.92 Å². The van der Waals surface area contributed by atoms with Gasteiger partial charge in [0.1, 0.15) is 5.76 Å². The van der Waals surface area contributed by atoms with E-state index in [0.717, 1.165) is 12.3 Å². The molecule has 0 radical (unpaired) electrons. The number of amides is 2. The monoisotopic (exact) mass is 294 g/mol. The fraction of sp³-hybridized carbons (Fsp3) is 0.600. The van der Waals surface area contributed by atoms with Gasteiger partial charge in [-0.1, -0.05) is 25.7 Å². The van der Waals surface area contributed by atoms with Gasteiger partial charge in [-0.3, -0.25) is 0 Å². The number of furan rings is 1. The third kappa shape index (κ3) is 5.13. The first-order valence-electron chi connectivity index (χ1n) is 7.49. The summed E-state index contributed by atoms with van der Waals surface area (Å²) in [5.41, 5.74) is 0. The van der Waals surface area contributed by atoms with Crippen LogP contribution in [0.1, 0.15) is 54.8 Å². The Hall–Kier alpha value is -1.98. The van der Waals surface area contributed by atoms with E-state index in [-0.39, 0.29) is 18.3 Å². The first kappa shape index (κ1) is 15.4. The van der Waals surface area contributed by atoms with Crippen LogP contribution in [0.4, 0.5) is 4.79 Å². The number of carbonyl (C=O) groups excluding carboxylic acids is 1. The summed E-state index contributed by atoms with van der Waals surface area (Å²) >= 11 is 0. The Labute approximate surface area is 123 Å². The van der Waals surface area contributed by atoms with Crippen molar-refractivity contribution in [1.82, 2.24) is 10.6 Å². The summed E-state index contributed by atoms with van der Waals surface area (Å²) in [5.74, 6) is 0.0299. The molecule has 0 aliphatic heterocycles. The average molecular weight is 294 g/mol. The van der Waals surface area contributed by atoms with Crippen LogP contribution in [0.15, 0.2) is 16.5 Å². The van der Waals surface area contributed by atoms with Crippen molar-refractivity contribution in [3.63, 3.8) is 0 Å². The van der Waals surface area contributed by atoms with E-state index in [9.17, 15) is 9.59 Å². The van der Waals surface area contributed by atoms with Crippen molar-refractivity contribution in [2.75, 3.05) is 6.54 Å². The molecule has 6 nitrogen and oxygen atoms in total. The van der Waals surface area contributed by atoms with Crippen LogP contribution in [-0.2, 0) is 6.54 Å². The van der Waals surface area contributed by atoms with E-state index in [4.69, 9.17) is 9.52 Å². The van der Waals surface area contributed by atoms with E-state index in [0.29, 0.717) is 12.3 Å². The lowest BCUT2D eigenvalue weighted by atomic mass is 10.0. The van der Waals surface area contributed by atoms with E-state index in [1.54, 1.807) is 6.07 Å². The van der Waals surface area contributed by atoms with Crippen LogP contribution in [0.25, 0.3) is 0 Å². The molecule has 2 amide bonds. The summed E-state index contributed by atoms with van der Waals surface area (Å²) < 4.78 is 5.05. The molecule has 1 saturated carbocycles. The van der Waals surface area contributed by atoms with Gasteiger partial charge < -0.3 is 20.2 Å². The predicted octanol–water partition coefficient (Wildman–Crippen LogP) is 2.75. The molecule has 1 aromatic heterocycles. The van der Waals surface area contributed by atoms with Gasteiger partial charge in [-0.15, -0.1) is 0 Å². The first-order chi connectivity index (χ1) is 10.1. The van der Waals surface area contributed by atoms with Crippen molar-refractivity contribution in [3.05, 3.63) is 23.7 Å². The molecule has 1 aliphatic rings. The molecule has 0 saturated heterocycles. The normalized spacial score (nSPS) is 15.0. The van der Waals surface area contributed by atoms with Gasteiger partial charge in [0.05, 0.1) is 6.54 Å². The quantitative estimate of drug-likeness (QED) is 0.674. The molecule has 1 heterocycles. The van der Waals surface area contributed by atoms with Crippen molar-refractivity contribution >= 4 is 12.0 Å². The van der Waals surface area contributed by atoms with Crippen molar-refractivity contribution in [1.29, 1.82) is 0 Å². The highest BCUT2D eigenvalue weighted by atomic mass is 16.4. The largest absolute Gasteiger partial charge is 0.475 e. The molecular weight excluding hydrogens is 272 g/mol. The summed E-state index contributed by atoms with van der Waals surface area (Å²) in [6, 6.07) is 2.66. The second-order valence-corrected chi connectivity index (χ2v) is 5.47. The molecule has 0 aromatic carbocycles. The first-order valence-corrected chi connectivity index (χ1v) is 7.49. The number of aromatic carboxylic acids is 1. The molecule has 3 N–H and O–H groups in total. The van der Waals surface area contributed by atoms with Gasteiger partial charge in [0.2, 0.25) is 5.76 Å². The molecule has 0 unspecified atom stereocenters. The van der Waals surface area contributed by atoms with Crippen LogP contribution in [0.5, 0.6) is 0 Å². The standard InChI is InChI=1S/C15H22N2O4/c18-14(19)13-8-7-12(21-13)10-17-15(20)16-9-3-6-11-4-1-2-5-11/h7-8,11H,1-6,9-10H2,(H,18,19)(H2,16,17,20). The Morgan fingerprint density at radius 1 is 1.24 bits per heavy atom. The molecule has 2 rings (SSSR count). The number of carboxylic acids is 1. The van der Waals surface area contributed by atoms with Gasteiger partial charge in [0.25, 0.3) is 0 Å². The molecule has 0 bridgehead atoms. The Kier molecular flexibility index (Phi) is 5.66. The highest BCUT2D eigenvalue weighted by Gasteiger charge is 2.14. The predicted molar refractivity (Wildman–Crippen MR) is 77.1 cm³/mol. The van der Waals surface area contributed by atoms with Crippen LogP contribution in [0.2, 0.25) is 0 Å². The SMILES string of the molecule is O=C(NCCCC1CCCC1)NCc1ccc(C(=O)O)o1. The number of carbonyl (C=O) groups is 2. The molecular formula is C15H22N2O4. The van der Waals surface area contributed by atoms with Crippen molar-refractivity contribution in [2.45, 2.75) is 45.1 Å². The third-order valence-electron chi connectivity index (χ3n) is 3.85. The number of rotatable bonds is 7. The second-order valence-electron chi connectivity index (χ2n) is 5.47. The maximum atomic E-state index is 11.6. The Morgan fingerprint density at radius 2 is 2.00 bits per heavy atom. The van der Waals surface area contributed by atoms with Gasteiger partial charge in [-0.2, -0.15) is 0 Å². The number of urea groups is 1. The van der Waals surface area contributed by atoms with E-state index >= 15 is 0 Å². The number of nitrogens with one attached hydrogen (secondary N) is 2. The summed E-state index contributed by atoms with van der Waals surface area (Å²) in [4.78, 5) is 22.2. The van der Waals surface area contributed by atoms with Gasteiger partial charge in [-0.25, -0.2) is 9.59 Å². The summed E-state index contributed by atoms with van der Waals surface area (Å²) in [7, 11) is 0. The molecule has 21 heavy (non-hydrogen) atoms. The number of hydrogen-bond donors (Lipinski definition) is 3. The lowest BCUT2D eigenvalue weighted by molar-refractivity contribution is 0.0660. The minimum atomic E-state index is -1.11. The minimum Gasteiger partial charge on any atom is -0.475 e. The smallest absolute Gasteiger partial charge is 0.371 e.